The highest BCUT2D eigenvalue weighted by atomic mass is 32.2. The van der Waals surface area contributed by atoms with E-state index in [-0.39, 0.29) is 0 Å². The van der Waals surface area contributed by atoms with Gasteiger partial charge in [0.1, 0.15) is 15.7 Å². The molecule has 2 aliphatic rings. The maximum absolute atomic E-state index is 11.8. The summed E-state index contributed by atoms with van der Waals surface area (Å²) < 4.78 is 23.7. The zero-order valence-corrected chi connectivity index (χ0v) is 21.3. The summed E-state index contributed by atoms with van der Waals surface area (Å²) in [6.07, 6.45) is 6.19. The Balaban J connectivity index is 1.24. The first-order valence-corrected chi connectivity index (χ1v) is 14.4. The second kappa shape index (κ2) is 9.30. The van der Waals surface area contributed by atoms with Gasteiger partial charge >= 0.3 is 0 Å². The van der Waals surface area contributed by atoms with E-state index in [1.807, 2.05) is 18.5 Å². The highest BCUT2D eigenvalue weighted by Crippen LogP contribution is 2.32. The quantitative estimate of drug-likeness (QED) is 0.412. The summed E-state index contributed by atoms with van der Waals surface area (Å²) in [6, 6.07) is 19.3. The molecule has 2 aliphatic heterocycles. The maximum Gasteiger partial charge on any atom is 0.150 e. The Morgan fingerprint density at radius 2 is 1.78 bits per heavy atom. The molecular weight excluding hydrogens is 468 g/mol. The predicted molar refractivity (Wildman–Crippen MR) is 145 cm³/mol. The van der Waals surface area contributed by atoms with E-state index in [0.29, 0.717) is 17.5 Å². The Morgan fingerprint density at radius 1 is 0.972 bits per heavy atom. The van der Waals surface area contributed by atoms with Crippen molar-refractivity contribution in [2.24, 2.45) is 0 Å². The molecule has 0 radical (unpaired) electrons. The first kappa shape index (κ1) is 23.1. The van der Waals surface area contributed by atoms with Gasteiger partial charge < -0.3 is 5.32 Å². The van der Waals surface area contributed by atoms with Gasteiger partial charge in [0, 0.05) is 53.7 Å². The van der Waals surface area contributed by atoms with E-state index in [9.17, 15) is 8.42 Å². The molecule has 0 unspecified atom stereocenters. The SMILES string of the molecule is Cc1ccc(Nc2nccc3c2CCN(C2CCS(=O)(=O)CC2)C3)cc1-c1cc2ccccc2cn1. The lowest BCUT2D eigenvalue weighted by Crippen LogP contribution is -2.43. The molecule has 184 valence electrons. The number of nitrogens with zero attached hydrogens (tertiary/aromatic N) is 3. The molecule has 0 saturated carbocycles. The van der Waals surface area contributed by atoms with E-state index in [2.05, 4.69) is 70.7 Å². The number of sulfone groups is 1. The van der Waals surface area contributed by atoms with Gasteiger partial charge in [0.25, 0.3) is 0 Å². The molecule has 0 atom stereocenters. The van der Waals surface area contributed by atoms with E-state index in [0.717, 1.165) is 60.5 Å². The van der Waals surface area contributed by atoms with Crippen LogP contribution in [0.25, 0.3) is 22.0 Å². The fourth-order valence-electron chi connectivity index (χ4n) is 5.52. The van der Waals surface area contributed by atoms with Crippen LogP contribution in [0.15, 0.2) is 67.0 Å². The number of anilines is 2. The molecule has 6 rings (SSSR count). The Hall–Kier alpha value is -3.29. The third-order valence-corrected chi connectivity index (χ3v) is 9.34. The molecule has 0 spiro atoms. The summed E-state index contributed by atoms with van der Waals surface area (Å²) in [5.74, 6) is 1.53. The number of hydrogen-bond acceptors (Lipinski definition) is 6. The number of rotatable bonds is 4. The van der Waals surface area contributed by atoms with Gasteiger partial charge in [0.05, 0.1) is 17.2 Å². The van der Waals surface area contributed by atoms with Crippen molar-refractivity contribution >= 4 is 32.1 Å². The van der Waals surface area contributed by atoms with Crippen molar-refractivity contribution in [1.82, 2.24) is 14.9 Å². The highest BCUT2D eigenvalue weighted by molar-refractivity contribution is 7.91. The summed E-state index contributed by atoms with van der Waals surface area (Å²) in [5, 5.41) is 5.89. The Kier molecular flexibility index (Phi) is 5.97. The van der Waals surface area contributed by atoms with Crippen LogP contribution in [0.3, 0.4) is 0 Å². The van der Waals surface area contributed by atoms with Gasteiger partial charge in [0.2, 0.25) is 0 Å². The molecule has 1 fully saturated rings. The molecule has 2 aromatic carbocycles. The van der Waals surface area contributed by atoms with Crippen molar-refractivity contribution in [1.29, 1.82) is 0 Å². The summed E-state index contributed by atoms with van der Waals surface area (Å²) in [5.41, 5.74) is 6.76. The van der Waals surface area contributed by atoms with Crippen LogP contribution in [0, 0.1) is 6.92 Å². The zero-order valence-electron chi connectivity index (χ0n) is 20.4. The molecule has 0 bridgehead atoms. The number of benzene rings is 2. The fourth-order valence-corrected chi connectivity index (χ4v) is 6.98. The molecule has 4 heterocycles. The van der Waals surface area contributed by atoms with Crippen LogP contribution in [0.4, 0.5) is 11.5 Å². The minimum atomic E-state index is -2.85. The Labute approximate surface area is 212 Å². The van der Waals surface area contributed by atoms with Gasteiger partial charge in [0.15, 0.2) is 0 Å². The average Bonchev–Trinajstić information content (AvgIpc) is 2.89. The molecule has 36 heavy (non-hydrogen) atoms. The van der Waals surface area contributed by atoms with Crippen LogP contribution >= 0.6 is 0 Å². The molecule has 7 heteroatoms. The van der Waals surface area contributed by atoms with Crippen LogP contribution in [0.5, 0.6) is 0 Å². The third-order valence-electron chi connectivity index (χ3n) is 7.62. The molecule has 4 aromatic rings. The normalized spacial score (nSPS) is 18.1. The Bertz CT molecular complexity index is 1540. The number of aromatic nitrogens is 2. The van der Waals surface area contributed by atoms with Crippen molar-refractivity contribution in [3.63, 3.8) is 0 Å². The third kappa shape index (κ3) is 4.61. The van der Waals surface area contributed by atoms with Crippen molar-refractivity contribution in [2.45, 2.75) is 38.8 Å². The minimum absolute atomic E-state index is 0.312. The summed E-state index contributed by atoms with van der Waals surface area (Å²) in [6.45, 7) is 3.89. The minimum Gasteiger partial charge on any atom is -0.340 e. The van der Waals surface area contributed by atoms with Crippen molar-refractivity contribution < 1.29 is 8.42 Å². The standard InChI is InChI=1S/C29H30N4O2S/c1-20-6-7-24(17-27(20)28-16-21-4-2-3-5-22(21)18-31-28)32-29-26-9-13-33(19-23(26)8-12-30-29)25-10-14-36(34,35)15-11-25/h2-8,12,16-18,25H,9-11,13-15,19H2,1H3,(H,30,32). The van der Waals surface area contributed by atoms with Crippen LogP contribution in [-0.2, 0) is 22.8 Å². The van der Waals surface area contributed by atoms with Gasteiger partial charge in [-0.15, -0.1) is 0 Å². The molecular formula is C29H30N4O2S. The maximum atomic E-state index is 11.8. The Morgan fingerprint density at radius 3 is 2.61 bits per heavy atom. The molecule has 6 nitrogen and oxygen atoms in total. The van der Waals surface area contributed by atoms with E-state index >= 15 is 0 Å². The van der Waals surface area contributed by atoms with Gasteiger partial charge in [-0.2, -0.15) is 0 Å². The van der Waals surface area contributed by atoms with Crippen LogP contribution in [-0.4, -0.2) is 47.4 Å². The van der Waals surface area contributed by atoms with Crippen LogP contribution < -0.4 is 5.32 Å². The topological polar surface area (TPSA) is 75.2 Å². The lowest BCUT2D eigenvalue weighted by atomic mass is 9.97. The summed E-state index contributed by atoms with van der Waals surface area (Å²) in [7, 11) is -2.85. The summed E-state index contributed by atoms with van der Waals surface area (Å²) >= 11 is 0. The molecule has 0 aliphatic carbocycles. The largest absolute Gasteiger partial charge is 0.340 e. The van der Waals surface area contributed by atoms with Crippen molar-refractivity contribution in [3.05, 3.63) is 83.7 Å². The summed E-state index contributed by atoms with van der Waals surface area (Å²) in [4.78, 5) is 11.9. The second-order valence-electron chi connectivity index (χ2n) is 9.97. The average molecular weight is 499 g/mol. The zero-order chi connectivity index (χ0) is 24.7. The number of hydrogen-bond donors (Lipinski definition) is 1. The number of fused-ring (bicyclic) bond motifs is 2. The molecule has 1 N–H and O–H groups in total. The van der Waals surface area contributed by atoms with Crippen LogP contribution in [0.1, 0.15) is 29.5 Å². The molecule has 2 aromatic heterocycles. The fraction of sp³-hybridized carbons (Fsp3) is 0.310. The lowest BCUT2D eigenvalue weighted by molar-refractivity contribution is 0.167. The smallest absolute Gasteiger partial charge is 0.150 e. The van der Waals surface area contributed by atoms with E-state index in [4.69, 9.17) is 4.98 Å². The van der Waals surface area contributed by atoms with Gasteiger partial charge in [-0.3, -0.25) is 9.88 Å². The highest BCUT2D eigenvalue weighted by Gasteiger charge is 2.30. The molecule has 0 amide bonds. The van der Waals surface area contributed by atoms with E-state index in [1.54, 1.807) is 0 Å². The number of nitrogens with one attached hydrogen (secondary N) is 1. The van der Waals surface area contributed by atoms with E-state index in [1.165, 1.54) is 22.1 Å². The van der Waals surface area contributed by atoms with Gasteiger partial charge in [-0.05, 0) is 67.0 Å². The number of pyridine rings is 2. The monoisotopic (exact) mass is 498 g/mol. The predicted octanol–water partition coefficient (Wildman–Crippen LogP) is 5.28. The van der Waals surface area contributed by atoms with E-state index < -0.39 is 9.84 Å². The van der Waals surface area contributed by atoms with Gasteiger partial charge in [-0.1, -0.05) is 30.3 Å². The molecule has 1 saturated heterocycles. The number of aryl methyl sites for hydroxylation is 1. The second-order valence-corrected chi connectivity index (χ2v) is 12.3. The van der Waals surface area contributed by atoms with Crippen molar-refractivity contribution in [3.8, 4) is 11.3 Å². The first-order valence-electron chi connectivity index (χ1n) is 12.6. The first-order chi connectivity index (χ1) is 17.4. The van der Waals surface area contributed by atoms with Crippen molar-refractivity contribution in [2.75, 3.05) is 23.4 Å². The van der Waals surface area contributed by atoms with Gasteiger partial charge in [-0.25, -0.2) is 13.4 Å². The van der Waals surface area contributed by atoms with Crippen LogP contribution in [0.2, 0.25) is 0 Å². The lowest BCUT2D eigenvalue weighted by Gasteiger charge is -2.37.